The minimum absolute atomic E-state index is 0.102. The molecule has 1 aromatic rings. The number of ether oxygens (including phenoxy) is 1. The minimum atomic E-state index is -0.870. The Balaban J connectivity index is 2.93. The average Bonchev–Trinajstić information content (AvgIpc) is 2.21. The van der Waals surface area contributed by atoms with Crippen LogP contribution in [0.5, 0.6) is 0 Å². The lowest BCUT2D eigenvalue weighted by Gasteiger charge is -2.12. The number of halogens is 3. The van der Waals surface area contributed by atoms with Gasteiger partial charge in [0.25, 0.3) is 0 Å². The predicted octanol–water partition coefficient (Wildman–Crippen LogP) is 2.18. The summed E-state index contributed by atoms with van der Waals surface area (Å²) in [5.74, 6) is -1.11. The second-order valence-corrected chi connectivity index (χ2v) is 4.00. The highest BCUT2D eigenvalue weighted by Gasteiger charge is 2.18. The van der Waals surface area contributed by atoms with Crippen molar-refractivity contribution in [2.24, 2.45) is 5.73 Å². The fraction of sp³-hybridized carbons (Fsp3) is 0.300. The van der Waals surface area contributed by atoms with E-state index in [2.05, 4.69) is 4.74 Å². The molecule has 0 aromatic heterocycles. The van der Waals surface area contributed by atoms with Crippen molar-refractivity contribution in [1.82, 2.24) is 0 Å². The second-order valence-electron chi connectivity index (χ2n) is 3.18. The van der Waals surface area contributed by atoms with E-state index in [0.717, 1.165) is 12.1 Å². The van der Waals surface area contributed by atoms with Gasteiger partial charge in [-0.1, -0.05) is 23.2 Å². The number of esters is 1. The zero-order valence-corrected chi connectivity index (χ0v) is 9.98. The molecule has 1 aromatic carbocycles. The number of benzene rings is 1. The largest absolute Gasteiger partial charge is 0.468 e. The summed E-state index contributed by atoms with van der Waals surface area (Å²) >= 11 is 11.6. The van der Waals surface area contributed by atoms with Gasteiger partial charge in [-0.25, -0.2) is 4.39 Å². The lowest BCUT2D eigenvalue weighted by molar-refractivity contribution is -0.142. The van der Waals surface area contributed by atoms with Gasteiger partial charge in [-0.05, 0) is 17.7 Å². The molecule has 1 rings (SSSR count). The Morgan fingerprint density at radius 3 is 2.44 bits per heavy atom. The molecule has 0 amide bonds. The van der Waals surface area contributed by atoms with Crippen LogP contribution in [0.2, 0.25) is 10.0 Å². The number of nitrogens with two attached hydrogens (primary N) is 1. The molecule has 0 unspecified atom stereocenters. The van der Waals surface area contributed by atoms with Gasteiger partial charge in [0.2, 0.25) is 0 Å². The first-order valence-corrected chi connectivity index (χ1v) is 5.18. The summed E-state index contributed by atoms with van der Waals surface area (Å²) in [6, 6.07) is 1.37. The molecule has 0 bridgehead atoms. The Bertz CT molecular complexity index is 389. The SMILES string of the molecule is COC(=O)[C@H](N)Cc1c(Cl)cc(F)cc1Cl. The maximum Gasteiger partial charge on any atom is 0.322 e. The Morgan fingerprint density at radius 2 is 2.00 bits per heavy atom. The second kappa shape index (κ2) is 5.48. The van der Waals surface area contributed by atoms with E-state index in [1.54, 1.807) is 0 Å². The molecule has 1 atom stereocenters. The van der Waals surface area contributed by atoms with Crippen molar-refractivity contribution in [3.63, 3.8) is 0 Å². The monoisotopic (exact) mass is 265 g/mol. The van der Waals surface area contributed by atoms with Gasteiger partial charge >= 0.3 is 5.97 Å². The van der Waals surface area contributed by atoms with Crippen molar-refractivity contribution in [2.75, 3.05) is 7.11 Å². The van der Waals surface area contributed by atoms with Gasteiger partial charge < -0.3 is 10.5 Å². The molecule has 0 aliphatic rings. The molecule has 3 nitrogen and oxygen atoms in total. The number of rotatable bonds is 3. The highest BCUT2D eigenvalue weighted by atomic mass is 35.5. The fourth-order valence-electron chi connectivity index (χ4n) is 1.22. The molecule has 0 saturated carbocycles. The molecule has 6 heteroatoms. The Labute approximate surface area is 102 Å². The quantitative estimate of drug-likeness (QED) is 0.853. The van der Waals surface area contributed by atoms with Crippen molar-refractivity contribution >= 4 is 29.2 Å². The lowest BCUT2D eigenvalue weighted by atomic mass is 10.1. The molecule has 0 aliphatic carbocycles. The first-order valence-electron chi connectivity index (χ1n) is 4.42. The molecular formula is C10H10Cl2FNO2. The number of hydrogen-bond donors (Lipinski definition) is 1. The highest BCUT2D eigenvalue weighted by Crippen LogP contribution is 2.27. The topological polar surface area (TPSA) is 52.3 Å². The first-order chi connectivity index (χ1) is 7.45. The first kappa shape index (κ1) is 13.2. The third-order valence-corrected chi connectivity index (χ3v) is 2.71. The van der Waals surface area contributed by atoms with Crippen LogP contribution in [0.15, 0.2) is 12.1 Å². The van der Waals surface area contributed by atoms with Gasteiger partial charge in [-0.3, -0.25) is 4.79 Å². The van der Waals surface area contributed by atoms with Crippen molar-refractivity contribution < 1.29 is 13.9 Å². The van der Waals surface area contributed by atoms with Crippen molar-refractivity contribution in [3.05, 3.63) is 33.6 Å². The molecule has 0 heterocycles. The van der Waals surface area contributed by atoms with Crippen molar-refractivity contribution in [3.8, 4) is 0 Å². The van der Waals surface area contributed by atoms with Crippen molar-refractivity contribution in [2.45, 2.75) is 12.5 Å². The molecule has 2 N–H and O–H groups in total. The zero-order valence-electron chi connectivity index (χ0n) is 8.47. The third-order valence-electron chi connectivity index (χ3n) is 2.03. The van der Waals surface area contributed by atoms with Gasteiger partial charge in [-0.2, -0.15) is 0 Å². The number of hydrogen-bond acceptors (Lipinski definition) is 3. The molecular weight excluding hydrogens is 256 g/mol. The Kier molecular flexibility index (Phi) is 4.53. The van der Waals surface area contributed by atoms with E-state index in [4.69, 9.17) is 28.9 Å². The van der Waals surface area contributed by atoms with Gasteiger partial charge in [0.05, 0.1) is 7.11 Å². The van der Waals surface area contributed by atoms with Crippen LogP contribution in [0.25, 0.3) is 0 Å². The molecule has 0 spiro atoms. The summed E-state index contributed by atoms with van der Waals surface area (Å²) in [6.45, 7) is 0. The van der Waals surface area contributed by atoms with E-state index in [0.29, 0.717) is 5.56 Å². The summed E-state index contributed by atoms with van der Waals surface area (Å²) < 4.78 is 17.3. The van der Waals surface area contributed by atoms with E-state index in [1.807, 2.05) is 0 Å². The smallest absolute Gasteiger partial charge is 0.322 e. The molecule has 0 radical (unpaired) electrons. The number of methoxy groups -OCH3 is 1. The molecule has 88 valence electrons. The number of carbonyl (C=O) groups excluding carboxylic acids is 1. The van der Waals surface area contributed by atoms with E-state index in [-0.39, 0.29) is 16.5 Å². The van der Waals surface area contributed by atoms with Crippen LogP contribution in [-0.2, 0) is 16.0 Å². The summed E-state index contributed by atoms with van der Waals surface area (Å²) in [5, 5.41) is 0.286. The van der Waals surface area contributed by atoms with E-state index in [1.165, 1.54) is 7.11 Å². The molecule has 0 saturated heterocycles. The summed E-state index contributed by atoms with van der Waals surface area (Å²) in [6.07, 6.45) is 0.102. The van der Waals surface area contributed by atoms with Gasteiger partial charge in [0, 0.05) is 16.5 Å². The Morgan fingerprint density at radius 1 is 1.50 bits per heavy atom. The van der Waals surface area contributed by atoms with Crippen LogP contribution < -0.4 is 5.73 Å². The average molecular weight is 266 g/mol. The molecule has 0 fully saturated rings. The number of carbonyl (C=O) groups is 1. The third kappa shape index (κ3) is 3.07. The van der Waals surface area contributed by atoms with Gasteiger partial charge in [0.1, 0.15) is 11.9 Å². The van der Waals surface area contributed by atoms with Crippen molar-refractivity contribution in [1.29, 1.82) is 0 Å². The maximum atomic E-state index is 12.9. The standard InChI is InChI=1S/C10H10Cl2FNO2/c1-16-10(15)9(14)4-6-7(11)2-5(13)3-8(6)12/h2-3,9H,4,14H2,1H3/t9-/m1/s1. The molecule has 16 heavy (non-hydrogen) atoms. The maximum absolute atomic E-state index is 12.9. The van der Waals surface area contributed by atoms with E-state index in [9.17, 15) is 9.18 Å². The van der Waals surface area contributed by atoms with E-state index >= 15 is 0 Å². The molecule has 0 aliphatic heterocycles. The van der Waals surface area contributed by atoms with E-state index < -0.39 is 17.8 Å². The zero-order chi connectivity index (χ0) is 12.3. The van der Waals surface area contributed by atoms with Crippen LogP contribution in [0.1, 0.15) is 5.56 Å². The fourth-order valence-corrected chi connectivity index (χ4v) is 1.84. The summed E-state index contributed by atoms with van der Waals surface area (Å²) in [4.78, 5) is 11.1. The summed E-state index contributed by atoms with van der Waals surface area (Å²) in [7, 11) is 1.23. The van der Waals surface area contributed by atoms with Crippen LogP contribution >= 0.6 is 23.2 Å². The minimum Gasteiger partial charge on any atom is -0.468 e. The van der Waals surface area contributed by atoms with Crippen LogP contribution in [0.4, 0.5) is 4.39 Å². The highest BCUT2D eigenvalue weighted by molar-refractivity contribution is 6.36. The Hall–Kier alpha value is -0.840. The van der Waals surface area contributed by atoms with Gasteiger partial charge in [0.15, 0.2) is 0 Å². The van der Waals surface area contributed by atoms with Gasteiger partial charge in [-0.15, -0.1) is 0 Å². The van der Waals surface area contributed by atoms with Crippen LogP contribution in [0.3, 0.4) is 0 Å². The normalized spacial score (nSPS) is 12.3. The summed E-state index contributed by atoms with van der Waals surface area (Å²) in [5.41, 5.74) is 5.98. The van der Waals surface area contributed by atoms with Crippen LogP contribution in [-0.4, -0.2) is 19.1 Å². The van der Waals surface area contributed by atoms with Crippen LogP contribution in [0, 0.1) is 5.82 Å². The lowest BCUT2D eigenvalue weighted by Crippen LogP contribution is -2.33. The predicted molar refractivity (Wildman–Crippen MR) is 60.1 cm³/mol.